The SMILES string of the molecule is CC(C)c1nnc(-c2cccc(Nc3ncnn4c(Br)cc(CNCCCN)c34)c2)s1. The lowest BCUT2D eigenvalue weighted by Gasteiger charge is -2.10. The molecule has 10 heteroatoms. The number of hydrogen-bond acceptors (Lipinski definition) is 8. The van der Waals surface area contributed by atoms with Gasteiger partial charge in [-0.25, -0.2) is 9.50 Å². The van der Waals surface area contributed by atoms with Gasteiger partial charge in [-0.1, -0.05) is 37.3 Å². The Morgan fingerprint density at radius 1 is 1.23 bits per heavy atom. The Hall–Kier alpha value is -2.40. The van der Waals surface area contributed by atoms with Gasteiger partial charge in [-0.3, -0.25) is 0 Å². The number of nitrogens with one attached hydrogen (secondary N) is 2. The highest BCUT2D eigenvalue weighted by molar-refractivity contribution is 9.10. The molecule has 0 aliphatic carbocycles. The molecule has 0 saturated carbocycles. The van der Waals surface area contributed by atoms with Crippen LogP contribution in [0.4, 0.5) is 11.5 Å². The molecule has 8 nitrogen and oxygen atoms in total. The van der Waals surface area contributed by atoms with Crippen LogP contribution in [0.15, 0.2) is 41.3 Å². The fourth-order valence-electron chi connectivity index (χ4n) is 3.21. The number of hydrogen-bond donors (Lipinski definition) is 3. The van der Waals surface area contributed by atoms with Crippen LogP contribution in [0.2, 0.25) is 0 Å². The lowest BCUT2D eigenvalue weighted by atomic mass is 10.2. The predicted molar refractivity (Wildman–Crippen MR) is 129 cm³/mol. The maximum Gasteiger partial charge on any atom is 0.158 e. The number of nitrogens with zero attached hydrogens (tertiary/aromatic N) is 5. The van der Waals surface area contributed by atoms with Crippen molar-refractivity contribution in [2.75, 3.05) is 18.4 Å². The smallest absolute Gasteiger partial charge is 0.158 e. The van der Waals surface area contributed by atoms with Crippen LogP contribution in [0.25, 0.3) is 16.1 Å². The fourth-order valence-corrected chi connectivity index (χ4v) is 4.59. The quantitative estimate of drug-likeness (QED) is 0.294. The van der Waals surface area contributed by atoms with Crippen LogP contribution < -0.4 is 16.4 Å². The Bertz CT molecular complexity index is 1170. The van der Waals surface area contributed by atoms with E-state index in [0.717, 1.165) is 55.7 Å². The summed E-state index contributed by atoms with van der Waals surface area (Å²) in [5.74, 6) is 1.11. The van der Waals surface area contributed by atoms with Crippen molar-refractivity contribution < 1.29 is 0 Å². The van der Waals surface area contributed by atoms with E-state index in [1.807, 2.05) is 22.7 Å². The first-order valence-corrected chi connectivity index (χ1v) is 11.8. The summed E-state index contributed by atoms with van der Waals surface area (Å²) >= 11 is 5.23. The van der Waals surface area contributed by atoms with E-state index in [-0.39, 0.29) is 0 Å². The minimum atomic E-state index is 0.367. The summed E-state index contributed by atoms with van der Waals surface area (Å²) in [4.78, 5) is 4.51. The van der Waals surface area contributed by atoms with E-state index in [1.165, 1.54) is 0 Å². The molecule has 4 N–H and O–H groups in total. The van der Waals surface area contributed by atoms with Crippen LogP contribution in [0, 0.1) is 0 Å². The molecule has 0 spiro atoms. The molecule has 0 aliphatic heterocycles. The van der Waals surface area contributed by atoms with E-state index in [9.17, 15) is 0 Å². The molecule has 0 radical (unpaired) electrons. The van der Waals surface area contributed by atoms with Gasteiger partial charge in [-0.15, -0.1) is 10.2 Å². The lowest BCUT2D eigenvalue weighted by molar-refractivity contribution is 0.657. The van der Waals surface area contributed by atoms with Gasteiger partial charge in [0.05, 0.1) is 0 Å². The van der Waals surface area contributed by atoms with Gasteiger partial charge in [0.1, 0.15) is 26.5 Å². The second-order valence-corrected chi connectivity index (χ2v) is 9.31. The van der Waals surface area contributed by atoms with Crippen LogP contribution in [-0.2, 0) is 6.54 Å². The molecule has 3 heterocycles. The molecule has 0 saturated heterocycles. The van der Waals surface area contributed by atoms with E-state index in [1.54, 1.807) is 17.7 Å². The highest BCUT2D eigenvalue weighted by Gasteiger charge is 2.15. The first-order chi connectivity index (χ1) is 15.1. The van der Waals surface area contributed by atoms with Crippen LogP contribution in [0.5, 0.6) is 0 Å². The molecule has 3 aromatic heterocycles. The maximum atomic E-state index is 5.59. The van der Waals surface area contributed by atoms with Crippen molar-refractivity contribution in [1.82, 2.24) is 30.1 Å². The Morgan fingerprint density at radius 3 is 2.87 bits per heavy atom. The average molecular weight is 501 g/mol. The highest BCUT2D eigenvalue weighted by atomic mass is 79.9. The maximum absolute atomic E-state index is 5.59. The number of fused-ring (bicyclic) bond motifs is 1. The minimum absolute atomic E-state index is 0.367. The van der Waals surface area contributed by atoms with Crippen LogP contribution in [0.1, 0.15) is 36.8 Å². The zero-order valence-corrected chi connectivity index (χ0v) is 19.9. The van der Waals surface area contributed by atoms with Crippen molar-refractivity contribution in [1.29, 1.82) is 0 Å². The van der Waals surface area contributed by atoms with Gasteiger partial charge in [0.25, 0.3) is 0 Å². The van der Waals surface area contributed by atoms with Gasteiger partial charge in [0, 0.05) is 23.7 Å². The Balaban J connectivity index is 1.62. The first-order valence-electron chi connectivity index (χ1n) is 10.2. The molecular formula is C21H25BrN8S. The molecular weight excluding hydrogens is 476 g/mol. The Labute approximate surface area is 193 Å². The summed E-state index contributed by atoms with van der Waals surface area (Å²) in [7, 11) is 0. The Morgan fingerprint density at radius 2 is 2.10 bits per heavy atom. The van der Waals surface area contributed by atoms with Crippen LogP contribution >= 0.6 is 27.3 Å². The second-order valence-electron chi connectivity index (χ2n) is 7.49. The van der Waals surface area contributed by atoms with Crippen molar-refractivity contribution >= 4 is 44.3 Å². The Kier molecular flexibility index (Phi) is 6.91. The molecule has 31 heavy (non-hydrogen) atoms. The number of anilines is 2. The molecule has 162 valence electrons. The molecule has 1 aromatic carbocycles. The number of benzene rings is 1. The van der Waals surface area contributed by atoms with Gasteiger partial charge < -0.3 is 16.4 Å². The third-order valence-corrected chi connectivity index (χ3v) is 6.61. The van der Waals surface area contributed by atoms with Gasteiger partial charge in [0.2, 0.25) is 0 Å². The summed E-state index contributed by atoms with van der Waals surface area (Å²) in [6.45, 7) is 6.50. The fraction of sp³-hybridized carbons (Fsp3) is 0.333. The monoisotopic (exact) mass is 500 g/mol. The topological polar surface area (TPSA) is 106 Å². The summed E-state index contributed by atoms with van der Waals surface area (Å²) < 4.78 is 2.73. The highest BCUT2D eigenvalue weighted by Crippen LogP contribution is 2.31. The summed E-state index contributed by atoms with van der Waals surface area (Å²) in [6, 6.07) is 10.2. The van der Waals surface area contributed by atoms with Gasteiger partial charge in [0.15, 0.2) is 5.82 Å². The van der Waals surface area contributed by atoms with E-state index in [4.69, 9.17) is 5.73 Å². The number of rotatable bonds is 9. The van der Waals surface area contributed by atoms with Gasteiger partial charge >= 0.3 is 0 Å². The molecule has 0 aliphatic rings. The summed E-state index contributed by atoms with van der Waals surface area (Å²) in [6.07, 6.45) is 2.49. The van der Waals surface area contributed by atoms with E-state index >= 15 is 0 Å². The van der Waals surface area contributed by atoms with Gasteiger partial charge in [-0.05, 0) is 59.2 Å². The molecule has 4 aromatic rings. The van der Waals surface area contributed by atoms with Crippen molar-refractivity contribution in [3.8, 4) is 10.6 Å². The molecule has 0 amide bonds. The number of nitrogens with two attached hydrogens (primary N) is 1. The zero-order chi connectivity index (χ0) is 21.8. The minimum Gasteiger partial charge on any atom is -0.338 e. The largest absolute Gasteiger partial charge is 0.338 e. The van der Waals surface area contributed by atoms with Crippen molar-refractivity contribution in [3.05, 3.63) is 51.8 Å². The van der Waals surface area contributed by atoms with Crippen molar-refractivity contribution in [3.63, 3.8) is 0 Å². The van der Waals surface area contributed by atoms with Crippen LogP contribution in [-0.4, -0.2) is 37.9 Å². The van der Waals surface area contributed by atoms with Crippen molar-refractivity contribution in [2.45, 2.75) is 32.7 Å². The molecule has 0 fully saturated rings. The van der Waals surface area contributed by atoms with E-state index in [2.05, 4.69) is 72.8 Å². The molecule has 0 unspecified atom stereocenters. The third-order valence-electron chi connectivity index (χ3n) is 4.77. The number of halogens is 1. The molecule has 4 rings (SSSR count). The second kappa shape index (κ2) is 9.82. The lowest BCUT2D eigenvalue weighted by Crippen LogP contribution is -2.17. The number of aromatic nitrogens is 5. The molecule has 0 atom stereocenters. The average Bonchev–Trinajstić information content (AvgIpc) is 3.38. The van der Waals surface area contributed by atoms with E-state index < -0.39 is 0 Å². The van der Waals surface area contributed by atoms with Crippen molar-refractivity contribution in [2.24, 2.45) is 5.73 Å². The summed E-state index contributed by atoms with van der Waals surface area (Å²) in [5, 5.41) is 21.9. The standard InChI is InChI=1S/C21H25BrN8S/c1-13(2)20-28-29-21(31-20)14-5-3-6-16(9-14)27-19-18-15(11-24-8-4-7-23)10-17(22)30(18)26-12-25-19/h3,5-6,9-10,12-13,24H,4,7-8,11,23H2,1-2H3,(H,25,26,27). The normalized spacial score (nSPS) is 11.5. The predicted octanol–water partition coefficient (Wildman–Crippen LogP) is 4.32. The molecule has 0 bridgehead atoms. The first kappa shape index (κ1) is 21.8. The van der Waals surface area contributed by atoms with E-state index in [0.29, 0.717) is 19.0 Å². The zero-order valence-electron chi connectivity index (χ0n) is 17.5. The van der Waals surface area contributed by atoms with Crippen LogP contribution in [0.3, 0.4) is 0 Å². The summed E-state index contributed by atoms with van der Waals surface area (Å²) in [5.41, 5.74) is 9.58. The van der Waals surface area contributed by atoms with Gasteiger partial charge in [-0.2, -0.15) is 5.10 Å². The third kappa shape index (κ3) is 4.93.